The second kappa shape index (κ2) is 8.44. The van der Waals surface area contributed by atoms with Crippen LogP contribution in [0, 0.1) is 0 Å². The van der Waals surface area contributed by atoms with Crippen molar-refractivity contribution in [1.29, 1.82) is 0 Å². The summed E-state index contributed by atoms with van der Waals surface area (Å²) in [4.78, 5) is 31.2. The van der Waals surface area contributed by atoms with Gasteiger partial charge in [0.05, 0.1) is 24.3 Å². The van der Waals surface area contributed by atoms with E-state index in [0.717, 1.165) is 12.8 Å². The molecule has 1 amide bonds. The van der Waals surface area contributed by atoms with Crippen molar-refractivity contribution in [2.24, 2.45) is 0 Å². The molecule has 1 fully saturated rings. The lowest BCUT2D eigenvalue weighted by Gasteiger charge is -2.25. The molecule has 1 atom stereocenters. The number of likely N-dealkylation sites (tertiary alicyclic amines) is 1. The molecule has 7 heteroatoms. The standard InChI is InChI=1S/C21H21ClN2O4/c1-3-4-10-24-18(13-6-5-9-23-12-13)17(20(26)21(24)27)19(25)15-11-14(22)7-8-16(15)28-2/h5-9,11-12,18,25H,3-4,10H2,1-2H3/b19-17+. The van der Waals surface area contributed by atoms with Crippen molar-refractivity contribution in [3.05, 3.63) is 64.4 Å². The van der Waals surface area contributed by atoms with E-state index in [9.17, 15) is 14.7 Å². The number of halogens is 1. The zero-order valence-corrected chi connectivity index (χ0v) is 16.4. The Morgan fingerprint density at radius 3 is 2.75 bits per heavy atom. The Kier molecular flexibility index (Phi) is 5.99. The van der Waals surface area contributed by atoms with Crippen molar-refractivity contribution >= 4 is 29.1 Å². The summed E-state index contributed by atoms with van der Waals surface area (Å²) in [6.07, 6.45) is 4.81. The van der Waals surface area contributed by atoms with Crippen molar-refractivity contribution in [3.8, 4) is 5.75 Å². The number of methoxy groups -OCH3 is 1. The first-order valence-electron chi connectivity index (χ1n) is 9.01. The highest BCUT2D eigenvalue weighted by Crippen LogP contribution is 2.41. The molecule has 1 unspecified atom stereocenters. The van der Waals surface area contributed by atoms with Gasteiger partial charge in [-0.2, -0.15) is 0 Å². The first kappa shape index (κ1) is 19.9. The van der Waals surface area contributed by atoms with E-state index >= 15 is 0 Å². The summed E-state index contributed by atoms with van der Waals surface area (Å²) in [5.74, 6) is -1.33. The molecule has 1 aliphatic rings. The maximum atomic E-state index is 12.9. The summed E-state index contributed by atoms with van der Waals surface area (Å²) in [6.45, 7) is 2.41. The third kappa shape index (κ3) is 3.60. The Hall–Kier alpha value is -2.86. The lowest BCUT2D eigenvalue weighted by molar-refractivity contribution is -0.139. The number of ether oxygens (including phenoxy) is 1. The number of amides is 1. The van der Waals surface area contributed by atoms with Crippen LogP contribution >= 0.6 is 11.6 Å². The Labute approximate surface area is 168 Å². The number of carbonyl (C=O) groups excluding carboxylic acids is 2. The normalized spacial score (nSPS) is 18.5. The number of benzene rings is 1. The number of pyridine rings is 1. The SMILES string of the molecule is CCCCN1C(=O)C(=O)/C(=C(/O)c2cc(Cl)ccc2OC)C1c1cccnc1. The summed E-state index contributed by atoms with van der Waals surface area (Å²) < 4.78 is 5.30. The van der Waals surface area contributed by atoms with Gasteiger partial charge in [-0.3, -0.25) is 14.6 Å². The molecule has 146 valence electrons. The van der Waals surface area contributed by atoms with Crippen LogP contribution < -0.4 is 4.74 Å². The Morgan fingerprint density at radius 1 is 1.32 bits per heavy atom. The van der Waals surface area contributed by atoms with E-state index in [-0.39, 0.29) is 16.9 Å². The van der Waals surface area contributed by atoms with Crippen LogP contribution in [0.3, 0.4) is 0 Å². The number of hydrogen-bond donors (Lipinski definition) is 1. The zero-order chi connectivity index (χ0) is 20.3. The number of hydrogen-bond acceptors (Lipinski definition) is 5. The number of nitrogens with zero attached hydrogens (tertiary/aromatic N) is 2. The van der Waals surface area contributed by atoms with Crippen LogP contribution in [0.25, 0.3) is 5.76 Å². The minimum absolute atomic E-state index is 0.00895. The van der Waals surface area contributed by atoms with E-state index in [0.29, 0.717) is 22.9 Å². The molecule has 0 bridgehead atoms. The number of aliphatic hydroxyl groups is 1. The molecule has 3 rings (SSSR count). The molecule has 2 aromatic rings. The number of ketones is 1. The lowest BCUT2D eigenvalue weighted by atomic mass is 9.96. The third-order valence-electron chi connectivity index (χ3n) is 4.71. The van der Waals surface area contributed by atoms with E-state index in [2.05, 4.69) is 4.98 Å². The van der Waals surface area contributed by atoms with Crippen LogP contribution in [-0.2, 0) is 9.59 Å². The van der Waals surface area contributed by atoms with Crippen LogP contribution in [0.5, 0.6) is 5.75 Å². The van der Waals surface area contributed by atoms with Crippen LogP contribution in [0.15, 0.2) is 48.3 Å². The predicted octanol–water partition coefficient (Wildman–Crippen LogP) is 3.97. The maximum Gasteiger partial charge on any atom is 0.295 e. The number of aliphatic hydroxyl groups excluding tert-OH is 1. The van der Waals surface area contributed by atoms with Crippen molar-refractivity contribution < 1.29 is 19.4 Å². The fourth-order valence-corrected chi connectivity index (χ4v) is 3.51. The predicted molar refractivity (Wildman–Crippen MR) is 106 cm³/mol. The van der Waals surface area contributed by atoms with Crippen molar-refractivity contribution in [2.45, 2.75) is 25.8 Å². The number of unbranched alkanes of at least 4 members (excludes halogenated alkanes) is 1. The smallest absolute Gasteiger partial charge is 0.295 e. The molecule has 1 aliphatic heterocycles. The Bertz CT molecular complexity index is 927. The van der Waals surface area contributed by atoms with Crippen molar-refractivity contribution in [3.63, 3.8) is 0 Å². The van der Waals surface area contributed by atoms with Gasteiger partial charge in [-0.25, -0.2) is 0 Å². The Morgan fingerprint density at radius 2 is 2.11 bits per heavy atom. The molecule has 2 heterocycles. The molecule has 6 nitrogen and oxygen atoms in total. The first-order chi connectivity index (χ1) is 13.5. The molecule has 0 aliphatic carbocycles. The molecular weight excluding hydrogens is 380 g/mol. The molecule has 0 saturated carbocycles. The quantitative estimate of drug-likeness (QED) is 0.451. The second-order valence-electron chi connectivity index (χ2n) is 6.48. The summed E-state index contributed by atoms with van der Waals surface area (Å²) in [5, 5.41) is 11.4. The summed E-state index contributed by atoms with van der Waals surface area (Å²) in [6, 6.07) is 7.53. The van der Waals surface area contributed by atoms with Crippen LogP contribution in [-0.4, -0.2) is 40.3 Å². The van der Waals surface area contributed by atoms with E-state index in [1.54, 1.807) is 36.7 Å². The largest absolute Gasteiger partial charge is 0.507 e. The molecule has 0 spiro atoms. The molecule has 28 heavy (non-hydrogen) atoms. The van der Waals surface area contributed by atoms with Gasteiger partial charge in [-0.05, 0) is 36.2 Å². The highest BCUT2D eigenvalue weighted by Gasteiger charge is 2.46. The fourth-order valence-electron chi connectivity index (χ4n) is 3.33. The average molecular weight is 401 g/mol. The van der Waals surface area contributed by atoms with Gasteiger partial charge in [0, 0.05) is 24.0 Å². The van der Waals surface area contributed by atoms with E-state index < -0.39 is 17.7 Å². The van der Waals surface area contributed by atoms with Gasteiger partial charge in [0.25, 0.3) is 11.7 Å². The topological polar surface area (TPSA) is 79.7 Å². The molecular formula is C21H21ClN2O4. The van der Waals surface area contributed by atoms with Crippen LogP contribution in [0.4, 0.5) is 0 Å². The fraction of sp³-hybridized carbons (Fsp3) is 0.286. The number of aromatic nitrogens is 1. The maximum absolute atomic E-state index is 12.9. The van der Waals surface area contributed by atoms with Gasteiger partial charge >= 0.3 is 0 Å². The minimum Gasteiger partial charge on any atom is -0.507 e. The number of Topliss-reactive ketones (excluding diaryl/α,β-unsaturated/α-hetero) is 1. The van der Waals surface area contributed by atoms with Gasteiger partial charge < -0.3 is 14.7 Å². The second-order valence-corrected chi connectivity index (χ2v) is 6.91. The molecule has 1 N–H and O–H groups in total. The summed E-state index contributed by atoms with van der Waals surface area (Å²) in [5.41, 5.74) is 0.924. The number of rotatable bonds is 6. The van der Waals surface area contributed by atoms with Gasteiger partial charge in [0.2, 0.25) is 0 Å². The van der Waals surface area contributed by atoms with Gasteiger partial charge in [0.15, 0.2) is 0 Å². The molecule has 1 saturated heterocycles. The summed E-state index contributed by atoms with van der Waals surface area (Å²) >= 11 is 6.08. The van der Waals surface area contributed by atoms with E-state index in [1.807, 2.05) is 6.92 Å². The molecule has 0 radical (unpaired) electrons. The van der Waals surface area contributed by atoms with E-state index in [1.165, 1.54) is 18.1 Å². The highest BCUT2D eigenvalue weighted by atomic mass is 35.5. The Balaban J connectivity index is 2.21. The number of carbonyl (C=O) groups is 2. The highest BCUT2D eigenvalue weighted by molar-refractivity contribution is 6.46. The van der Waals surface area contributed by atoms with Gasteiger partial charge in [0.1, 0.15) is 11.5 Å². The molecule has 1 aromatic heterocycles. The average Bonchev–Trinajstić information content (AvgIpc) is 2.97. The third-order valence-corrected chi connectivity index (χ3v) is 4.94. The van der Waals surface area contributed by atoms with Crippen molar-refractivity contribution in [2.75, 3.05) is 13.7 Å². The summed E-state index contributed by atoms with van der Waals surface area (Å²) in [7, 11) is 1.46. The van der Waals surface area contributed by atoms with Crippen LogP contribution in [0.2, 0.25) is 5.02 Å². The first-order valence-corrected chi connectivity index (χ1v) is 9.39. The minimum atomic E-state index is -0.732. The van der Waals surface area contributed by atoms with Gasteiger partial charge in [-0.15, -0.1) is 0 Å². The van der Waals surface area contributed by atoms with Crippen molar-refractivity contribution in [1.82, 2.24) is 9.88 Å². The van der Waals surface area contributed by atoms with Gasteiger partial charge in [-0.1, -0.05) is 31.0 Å². The molecule has 1 aromatic carbocycles. The van der Waals surface area contributed by atoms with Crippen LogP contribution in [0.1, 0.15) is 36.9 Å². The monoisotopic (exact) mass is 400 g/mol. The zero-order valence-electron chi connectivity index (χ0n) is 15.7. The lowest BCUT2D eigenvalue weighted by Crippen LogP contribution is -2.30. The van der Waals surface area contributed by atoms with E-state index in [4.69, 9.17) is 16.3 Å².